The van der Waals surface area contributed by atoms with Crippen LogP contribution in [0.1, 0.15) is 25.7 Å². The molecule has 0 spiro atoms. The second-order valence-corrected chi connectivity index (χ2v) is 13.6. The van der Waals surface area contributed by atoms with E-state index >= 15 is 0 Å². The van der Waals surface area contributed by atoms with E-state index in [0.29, 0.717) is 47.8 Å². The Hall–Kier alpha value is -3.14. The van der Waals surface area contributed by atoms with Gasteiger partial charge in [-0.15, -0.1) is 0 Å². The van der Waals surface area contributed by atoms with Gasteiger partial charge in [0.15, 0.2) is 0 Å². The van der Waals surface area contributed by atoms with Crippen LogP contribution in [0.5, 0.6) is 11.5 Å². The molecule has 0 aromatic heterocycles. The molecule has 192 valence electrons. The molecule has 0 N–H and O–H groups in total. The van der Waals surface area contributed by atoms with Crippen LogP contribution in [-0.2, 0) is 18.2 Å². The Morgan fingerprint density at radius 3 is 1.26 bits per heavy atom. The lowest BCUT2D eigenvalue weighted by molar-refractivity contribution is 0.0723. The molecule has 2 aliphatic heterocycles. The minimum atomic E-state index is -3.57. The number of rotatable bonds is 4. The second-order valence-electron chi connectivity index (χ2n) is 9.81. The van der Waals surface area contributed by atoms with E-state index in [1.54, 1.807) is 0 Å². The van der Waals surface area contributed by atoms with E-state index in [1.807, 2.05) is 97.1 Å². The van der Waals surface area contributed by atoms with Gasteiger partial charge in [0.2, 0.25) is 0 Å². The van der Waals surface area contributed by atoms with E-state index < -0.39 is 15.2 Å². The molecule has 0 saturated heterocycles. The first-order valence-corrected chi connectivity index (χ1v) is 16.0. The molecule has 2 heterocycles. The van der Waals surface area contributed by atoms with Crippen molar-refractivity contribution in [2.24, 2.45) is 0 Å². The molecule has 38 heavy (non-hydrogen) atoms. The van der Waals surface area contributed by atoms with E-state index in [0.717, 1.165) is 22.3 Å². The van der Waals surface area contributed by atoms with Gasteiger partial charge in [-0.3, -0.25) is 9.05 Å². The highest BCUT2D eigenvalue weighted by molar-refractivity contribution is 7.63. The topological polar surface area (TPSA) is 71.1 Å². The van der Waals surface area contributed by atoms with Crippen LogP contribution in [0.25, 0.3) is 22.3 Å². The minimum absolute atomic E-state index is 0.264. The average molecular weight is 544 g/mol. The summed E-state index contributed by atoms with van der Waals surface area (Å²) in [5.74, 6) is 1.14. The highest BCUT2D eigenvalue weighted by Gasteiger charge is 2.43. The number of para-hydroxylation sites is 2. The van der Waals surface area contributed by atoms with Crippen molar-refractivity contribution in [1.82, 2.24) is 0 Å². The normalized spacial score (nSPS) is 27.1. The van der Waals surface area contributed by atoms with Crippen LogP contribution in [0.15, 0.2) is 97.1 Å². The van der Waals surface area contributed by atoms with Crippen molar-refractivity contribution in [3.05, 3.63) is 97.1 Å². The molecule has 4 aromatic carbocycles. The summed E-state index contributed by atoms with van der Waals surface area (Å²) in [7, 11) is -7.15. The molecule has 0 radical (unpaired) electrons. The molecule has 2 atom stereocenters. The van der Waals surface area contributed by atoms with E-state index in [-0.39, 0.29) is 12.2 Å². The molecule has 7 rings (SSSR count). The highest BCUT2D eigenvalue weighted by Crippen LogP contribution is 2.59. The summed E-state index contributed by atoms with van der Waals surface area (Å²) in [6.07, 6.45) is 1.92. The third-order valence-corrected chi connectivity index (χ3v) is 11.4. The van der Waals surface area contributed by atoms with Gasteiger partial charge in [-0.25, -0.2) is 9.13 Å². The third kappa shape index (κ3) is 4.04. The Balaban J connectivity index is 1.08. The summed E-state index contributed by atoms with van der Waals surface area (Å²) < 4.78 is 52.6. The van der Waals surface area contributed by atoms with Gasteiger partial charge < -0.3 is 9.05 Å². The molecular formula is C30H26O6P2. The van der Waals surface area contributed by atoms with Crippen molar-refractivity contribution in [2.45, 2.75) is 37.9 Å². The number of hydrogen-bond donors (Lipinski definition) is 0. The Bertz CT molecular complexity index is 1500. The molecule has 6 nitrogen and oxygen atoms in total. The molecule has 1 aliphatic carbocycles. The Labute approximate surface area is 221 Å². The maximum atomic E-state index is 14.1. The molecule has 0 bridgehead atoms. The fourth-order valence-corrected chi connectivity index (χ4v) is 9.64. The molecule has 8 heteroatoms. The minimum Gasteiger partial charge on any atom is -0.421 e. The smallest absolute Gasteiger partial charge is 0.411 e. The Kier molecular flexibility index (Phi) is 5.83. The van der Waals surface area contributed by atoms with Crippen LogP contribution in [0.2, 0.25) is 0 Å². The number of hydrogen-bond acceptors (Lipinski definition) is 6. The van der Waals surface area contributed by atoms with Crippen LogP contribution in [0.3, 0.4) is 0 Å². The van der Waals surface area contributed by atoms with Crippen molar-refractivity contribution in [3.63, 3.8) is 0 Å². The van der Waals surface area contributed by atoms with Crippen LogP contribution < -0.4 is 19.7 Å². The van der Waals surface area contributed by atoms with Crippen LogP contribution >= 0.6 is 15.2 Å². The van der Waals surface area contributed by atoms with Gasteiger partial charge in [-0.05, 0) is 49.9 Å². The maximum Gasteiger partial charge on any atom is 0.411 e. The summed E-state index contributed by atoms with van der Waals surface area (Å²) in [6, 6.07) is 30.3. The molecule has 3 aliphatic rings. The average Bonchev–Trinajstić information content (AvgIpc) is 2.94. The summed E-state index contributed by atoms with van der Waals surface area (Å²) in [6.45, 7) is 0. The van der Waals surface area contributed by atoms with Crippen LogP contribution in [-0.4, -0.2) is 12.2 Å². The van der Waals surface area contributed by atoms with Gasteiger partial charge in [0.25, 0.3) is 0 Å². The quantitative estimate of drug-likeness (QED) is 0.248. The lowest BCUT2D eigenvalue weighted by Gasteiger charge is -2.35. The van der Waals surface area contributed by atoms with Crippen LogP contribution in [0.4, 0.5) is 0 Å². The van der Waals surface area contributed by atoms with Gasteiger partial charge in [0.05, 0.1) is 22.8 Å². The molecule has 1 saturated carbocycles. The van der Waals surface area contributed by atoms with E-state index in [4.69, 9.17) is 18.1 Å². The van der Waals surface area contributed by atoms with E-state index in [1.165, 1.54) is 0 Å². The number of fused-ring (bicyclic) bond motifs is 6. The number of benzene rings is 4. The standard InChI is InChI=1S/C30H26O6P2/c31-37(29-15-7-3-11-25(29)23-9-1-5-13-27(23)35-37)33-21-17-19-22(20-18-21)34-38(32)30-16-8-4-12-26(30)24-10-2-6-14-28(24)36-38/h1-16,21-22H,17-20H2. The van der Waals surface area contributed by atoms with Gasteiger partial charge in [0, 0.05) is 22.3 Å². The molecule has 0 amide bonds. The molecular weight excluding hydrogens is 518 g/mol. The van der Waals surface area contributed by atoms with Crippen molar-refractivity contribution in [2.75, 3.05) is 0 Å². The second kappa shape index (κ2) is 9.25. The fourth-order valence-electron chi connectivity index (χ4n) is 5.57. The summed E-state index contributed by atoms with van der Waals surface area (Å²) in [5.41, 5.74) is 3.58. The SMILES string of the molecule is O=P1(OC2CCC(OP3(=O)Oc4ccccc4-c4ccccc43)CC2)Oc2ccccc2-c2ccccc21. The predicted molar refractivity (Wildman–Crippen MR) is 148 cm³/mol. The molecule has 4 aromatic rings. The first-order chi connectivity index (χ1) is 18.5. The van der Waals surface area contributed by atoms with Crippen molar-refractivity contribution in [3.8, 4) is 33.8 Å². The highest BCUT2D eigenvalue weighted by atomic mass is 31.2. The van der Waals surface area contributed by atoms with Crippen molar-refractivity contribution < 1.29 is 27.2 Å². The summed E-state index contributed by atoms with van der Waals surface area (Å²) in [4.78, 5) is 0. The largest absolute Gasteiger partial charge is 0.421 e. The van der Waals surface area contributed by atoms with Gasteiger partial charge in [0.1, 0.15) is 11.5 Å². The first kappa shape index (κ1) is 23.9. The monoisotopic (exact) mass is 544 g/mol. The first-order valence-electron chi connectivity index (χ1n) is 12.9. The Morgan fingerprint density at radius 2 is 0.842 bits per heavy atom. The summed E-state index contributed by atoms with van der Waals surface area (Å²) in [5, 5.41) is 1.18. The van der Waals surface area contributed by atoms with Gasteiger partial charge in [-0.1, -0.05) is 72.8 Å². The third-order valence-electron chi connectivity index (χ3n) is 7.39. The zero-order valence-electron chi connectivity index (χ0n) is 20.6. The predicted octanol–water partition coefficient (Wildman–Crippen LogP) is 7.49. The Morgan fingerprint density at radius 1 is 0.500 bits per heavy atom. The lowest BCUT2D eigenvalue weighted by Crippen LogP contribution is -2.30. The van der Waals surface area contributed by atoms with E-state index in [9.17, 15) is 9.13 Å². The molecule has 1 fully saturated rings. The zero-order chi connectivity index (χ0) is 25.7. The fraction of sp³-hybridized carbons (Fsp3) is 0.200. The lowest BCUT2D eigenvalue weighted by atomic mass is 9.95. The van der Waals surface area contributed by atoms with Crippen molar-refractivity contribution >= 4 is 25.8 Å². The van der Waals surface area contributed by atoms with Gasteiger partial charge >= 0.3 is 15.2 Å². The van der Waals surface area contributed by atoms with Crippen LogP contribution in [0, 0.1) is 0 Å². The summed E-state index contributed by atoms with van der Waals surface area (Å²) >= 11 is 0. The van der Waals surface area contributed by atoms with Crippen molar-refractivity contribution in [1.29, 1.82) is 0 Å². The maximum absolute atomic E-state index is 14.1. The zero-order valence-corrected chi connectivity index (χ0v) is 22.4. The van der Waals surface area contributed by atoms with E-state index in [2.05, 4.69) is 0 Å². The molecule has 2 unspecified atom stereocenters. The van der Waals surface area contributed by atoms with Gasteiger partial charge in [-0.2, -0.15) is 0 Å².